The van der Waals surface area contributed by atoms with Gasteiger partial charge in [0.05, 0.1) is 18.0 Å². The second kappa shape index (κ2) is 4.82. The van der Waals surface area contributed by atoms with Crippen LogP contribution in [0.5, 0.6) is 5.75 Å². The molecule has 0 unspecified atom stereocenters. The SMILES string of the molecule is CC(C)Oc1cncc(-c2cccc(N)n2)c1. The molecule has 0 aliphatic carbocycles. The Kier molecular flexibility index (Phi) is 3.23. The minimum atomic E-state index is 0.126. The summed E-state index contributed by atoms with van der Waals surface area (Å²) >= 11 is 0. The van der Waals surface area contributed by atoms with Gasteiger partial charge >= 0.3 is 0 Å². The van der Waals surface area contributed by atoms with Crippen molar-refractivity contribution >= 4 is 5.82 Å². The van der Waals surface area contributed by atoms with Crippen molar-refractivity contribution in [3.63, 3.8) is 0 Å². The Morgan fingerprint density at radius 2 is 2.06 bits per heavy atom. The van der Waals surface area contributed by atoms with Crippen LogP contribution in [0.1, 0.15) is 13.8 Å². The number of anilines is 1. The molecule has 0 amide bonds. The van der Waals surface area contributed by atoms with Crippen LogP contribution in [0.25, 0.3) is 11.3 Å². The molecule has 0 spiro atoms. The van der Waals surface area contributed by atoms with Gasteiger partial charge in [-0.1, -0.05) is 6.07 Å². The highest BCUT2D eigenvalue weighted by molar-refractivity contribution is 5.61. The molecule has 0 atom stereocenters. The summed E-state index contributed by atoms with van der Waals surface area (Å²) in [6.07, 6.45) is 3.56. The number of nitrogen functional groups attached to an aromatic ring is 1. The summed E-state index contributed by atoms with van der Waals surface area (Å²) in [6, 6.07) is 7.43. The van der Waals surface area contributed by atoms with Gasteiger partial charge in [0, 0.05) is 11.8 Å². The average Bonchev–Trinajstić information content (AvgIpc) is 2.28. The molecule has 4 heteroatoms. The molecule has 0 aliphatic heterocycles. The fraction of sp³-hybridized carbons (Fsp3) is 0.231. The number of pyridine rings is 2. The summed E-state index contributed by atoms with van der Waals surface area (Å²) in [5.41, 5.74) is 7.35. The van der Waals surface area contributed by atoms with Crippen molar-refractivity contribution in [2.75, 3.05) is 5.73 Å². The van der Waals surface area contributed by atoms with Crippen LogP contribution in [0, 0.1) is 0 Å². The molecule has 0 saturated carbocycles. The summed E-state index contributed by atoms with van der Waals surface area (Å²) in [4.78, 5) is 8.38. The number of nitrogens with zero attached hydrogens (tertiary/aromatic N) is 2. The maximum Gasteiger partial charge on any atom is 0.138 e. The Hall–Kier alpha value is -2.10. The first-order valence-electron chi connectivity index (χ1n) is 5.50. The normalized spacial score (nSPS) is 10.5. The molecule has 0 bridgehead atoms. The van der Waals surface area contributed by atoms with Crippen LogP contribution in [0.15, 0.2) is 36.7 Å². The molecule has 0 aromatic carbocycles. The second-order valence-electron chi connectivity index (χ2n) is 4.02. The highest BCUT2D eigenvalue weighted by atomic mass is 16.5. The molecule has 2 aromatic rings. The Bertz CT molecular complexity index is 512. The van der Waals surface area contributed by atoms with Crippen LogP contribution < -0.4 is 10.5 Å². The Labute approximate surface area is 100 Å². The van der Waals surface area contributed by atoms with Crippen molar-refractivity contribution in [3.8, 4) is 17.0 Å². The Morgan fingerprint density at radius 1 is 1.24 bits per heavy atom. The van der Waals surface area contributed by atoms with Crippen LogP contribution in [-0.4, -0.2) is 16.1 Å². The molecule has 88 valence electrons. The van der Waals surface area contributed by atoms with E-state index < -0.39 is 0 Å². The summed E-state index contributed by atoms with van der Waals surface area (Å²) in [7, 11) is 0. The largest absolute Gasteiger partial charge is 0.489 e. The number of aromatic nitrogens is 2. The topological polar surface area (TPSA) is 61.0 Å². The fourth-order valence-corrected chi connectivity index (χ4v) is 1.51. The third-order valence-corrected chi connectivity index (χ3v) is 2.15. The zero-order chi connectivity index (χ0) is 12.3. The van der Waals surface area contributed by atoms with E-state index in [1.54, 1.807) is 18.5 Å². The lowest BCUT2D eigenvalue weighted by Crippen LogP contribution is -2.05. The van der Waals surface area contributed by atoms with Gasteiger partial charge in [0.15, 0.2) is 0 Å². The summed E-state index contributed by atoms with van der Waals surface area (Å²) in [5, 5.41) is 0. The third kappa shape index (κ3) is 2.93. The van der Waals surface area contributed by atoms with Crippen molar-refractivity contribution < 1.29 is 4.74 Å². The summed E-state index contributed by atoms with van der Waals surface area (Å²) in [5.74, 6) is 1.24. The van der Waals surface area contributed by atoms with E-state index in [9.17, 15) is 0 Å². The lowest BCUT2D eigenvalue weighted by atomic mass is 10.2. The monoisotopic (exact) mass is 229 g/mol. The van der Waals surface area contributed by atoms with E-state index in [-0.39, 0.29) is 6.10 Å². The van der Waals surface area contributed by atoms with Gasteiger partial charge in [0.2, 0.25) is 0 Å². The lowest BCUT2D eigenvalue weighted by molar-refractivity contribution is 0.241. The first kappa shape index (κ1) is 11.4. The molecular weight excluding hydrogens is 214 g/mol. The molecular formula is C13H15N3O. The molecule has 2 aromatic heterocycles. The van der Waals surface area contributed by atoms with Gasteiger partial charge in [-0.3, -0.25) is 4.98 Å². The number of ether oxygens (including phenoxy) is 1. The molecule has 0 fully saturated rings. The summed E-state index contributed by atoms with van der Waals surface area (Å²) in [6.45, 7) is 3.96. The second-order valence-corrected chi connectivity index (χ2v) is 4.02. The zero-order valence-electron chi connectivity index (χ0n) is 9.92. The van der Waals surface area contributed by atoms with Crippen molar-refractivity contribution in [2.24, 2.45) is 0 Å². The van der Waals surface area contributed by atoms with Gasteiger partial charge in [0.25, 0.3) is 0 Å². The van der Waals surface area contributed by atoms with Gasteiger partial charge in [-0.15, -0.1) is 0 Å². The van der Waals surface area contributed by atoms with E-state index in [0.717, 1.165) is 17.0 Å². The van der Waals surface area contributed by atoms with Gasteiger partial charge in [-0.2, -0.15) is 0 Å². The smallest absolute Gasteiger partial charge is 0.138 e. The molecule has 2 N–H and O–H groups in total. The number of hydrogen-bond donors (Lipinski definition) is 1. The standard InChI is InChI=1S/C13H15N3O/c1-9(2)17-11-6-10(7-15-8-11)12-4-3-5-13(14)16-12/h3-9H,1-2H3,(H2,14,16). The van der Waals surface area contributed by atoms with E-state index in [4.69, 9.17) is 10.5 Å². The maximum atomic E-state index is 5.65. The van der Waals surface area contributed by atoms with Gasteiger partial charge in [-0.05, 0) is 32.0 Å². The van der Waals surface area contributed by atoms with E-state index in [0.29, 0.717) is 5.82 Å². The predicted molar refractivity (Wildman–Crippen MR) is 67.6 cm³/mol. The average molecular weight is 229 g/mol. The van der Waals surface area contributed by atoms with Crippen molar-refractivity contribution in [3.05, 3.63) is 36.7 Å². The van der Waals surface area contributed by atoms with Crippen LogP contribution in [0.3, 0.4) is 0 Å². The number of rotatable bonds is 3. The Balaban J connectivity index is 2.33. The van der Waals surface area contributed by atoms with E-state index in [1.807, 2.05) is 32.0 Å². The maximum absolute atomic E-state index is 5.65. The first-order chi connectivity index (χ1) is 8.15. The van der Waals surface area contributed by atoms with Crippen LogP contribution in [0.4, 0.5) is 5.82 Å². The van der Waals surface area contributed by atoms with Crippen molar-refractivity contribution in [1.29, 1.82) is 0 Å². The quantitative estimate of drug-likeness (QED) is 0.878. The lowest BCUT2D eigenvalue weighted by Gasteiger charge is -2.10. The summed E-state index contributed by atoms with van der Waals surface area (Å²) < 4.78 is 5.59. The first-order valence-corrected chi connectivity index (χ1v) is 5.50. The fourth-order valence-electron chi connectivity index (χ4n) is 1.51. The number of nitrogens with two attached hydrogens (primary N) is 1. The molecule has 0 radical (unpaired) electrons. The molecule has 4 nitrogen and oxygen atoms in total. The van der Waals surface area contributed by atoms with Crippen LogP contribution in [-0.2, 0) is 0 Å². The van der Waals surface area contributed by atoms with Gasteiger partial charge in [-0.25, -0.2) is 4.98 Å². The van der Waals surface area contributed by atoms with Crippen molar-refractivity contribution in [1.82, 2.24) is 9.97 Å². The minimum absolute atomic E-state index is 0.126. The molecule has 0 aliphatic rings. The molecule has 2 heterocycles. The number of hydrogen-bond acceptors (Lipinski definition) is 4. The van der Waals surface area contributed by atoms with E-state index in [1.165, 1.54) is 0 Å². The van der Waals surface area contributed by atoms with Crippen molar-refractivity contribution in [2.45, 2.75) is 20.0 Å². The van der Waals surface area contributed by atoms with Gasteiger partial charge < -0.3 is 10.5 Å². The molecule has 2 rings (SSSR count). The van der Waals surface area contributed by atoms with Crippen LogP contribution in [0.2, 0.25) is 0 Å². The van der Waals surface area contributed by atoms with Crippen LogP contribution >= 0.6 is 0 Å². The molecule has 17 heavy (non-hydrogen) atoms. The predicted octanol–water partition coefficient (Wildman–Crippen LogP) is 2.51. The zero-order valence-corrected chi connectivity index (χ0v) is 9.92. The highest BCUT2D eigenvalue weighted by Crippen LogP contribution is 2.22. The van der Waals surface area contributed by atoms with Gasteiger partial charge in [0.1, 0.15) is 11.6 Å². The Morgan fingerprint density at radius 3 is 2.76 bits per heavy atom. The highest BCUT2D eigenvalue weighted by Gasteiger charge is 2.03. The minimum Gasteiger partial charge on any atom is -0.489 e. The third-order valence-electron chi connectivity index (χ3n) is 2.15. The molecule has 0 saturated heterocycles. The van der Waals surface area contributed by atoms with E-state index in [2.05, 4.69) is 9.97 Å². The van der Waals surface area contributed by atoms with E-state index >= 15 is 0 Å².